The van der Waals surface area contributed by atoms with Gasteiger partial charge in [-0.15, -0.1) is 0 Å². The lowest BCUT2D eigenvalue weighted by atomic mass is 9.90. The SMILES string of the molecule is C=CC(=O)OC(OCCC)(OC(=O)C=C)C(C)(C)COCCC. The molecule has 0 heterocycles. The molecular weight excluding hydrogens is 300 g/mol. The van der Waals surface area contributed by atoms with Crippen molar-refractivity contribution in [3.63, 3.8) is 0 Å². The van der Waals surface area contributed by atoms with Gasteiger partial charge in [0.2, 0.25) is 0 Å². The molecule has 0 unspecified atom stereocenters. The average Bonchev–Trinajstić information content (AvgIpc) is 2.52. The summed E-state index contributed by atoms with van der Waals surface area (Å²) < 4.78 is 21.8. The highest BCUT2D eigenvalue weighted by atomic mass is 16.9. The van der Waals surface area contributed by atoms with Gasteiger partial charge in [-0.3, -0.25) is 0 Å². The van der Waals surface area contributed by atoms with Gasteiger partial charge in [-0.25, -0.2) is 9.59 Å². The van der Waals surface area contributed by atoms with Crippen molar-refractivity contribution in [1.29, 1.82) is 0 Å². The zero-order valence-electron chi connectivity index (χ0n) is 14.6. The van der Waals surface area contributed by atoms with Crippen molar-refractivity contribution in [1.82, 2.24) is 0 Å². The minimum atomic E-state index is -1.92. The van der Waals surface area contributed by atoms with Gasteiger partial charge in [0.1, 0.15) is 0 Å². The fourth-order valence-corrected chi connectivity index (χ4v) is 1.70. The Balaban J connectivity index is 5.62. The van der Waals surface area contributed by atoms with Crippen LogP contribution < -0.4 is 0 Å². The second-order valence-electron chi connectivity index (χ2n) is 5.59. The van der Waals surface area contributed by atoms with Crippen molar-refractivity contribution in [2.45, 2.75) is 46.5 Å². The number of esters is 2. The van der Waals surface area contributed by atoms with Gasteiger partial charge in [0.05, 0.1) is 18.6 Å². The molecule has 0 amide bonds. The summed E-state index contributed by atoms with van der Waals surface area (Å²) in [6, 6.07) is 0. The Kier molecular flexibility index (Phi) is 9.44. The molecule has 0 aliphatic rings. The molecule has 0 aromatic heterocycles. The molecule has 6 nitrogen and oxygen atoms in total. The molecule has 0 aliphatic carbocycles. The van der Waals surface area contributed by atoms with E-state index in [0.717, 1.165) is 18.6 Å². The lowest BCUT2D eigenvalue weighted by molar-refractivity contribution is -0.392. The molecule has 132 valence electrons. The Bertz CT molecular complexity index is 391. The van der Waals surface area contributed by atoms with Crippen LogP contribution in [0.5, 0.6) is 0 Å². The van der Waals surface area contributed by atoms with Crippen molar-refractivity contribution in [2.24, 2.45) is 5.41 Å². The number of hydrogen-bond donors (Lipinski definition) is 0. The molecule has 0 bridgehead atoms. The van der Waals surface area contributed by atoms with Gasteiger partial charge in [0.25, 0.3) is 0 Å². The predicted molar refractivity (Wildman–Crippen MR) is 86.4 cm³/mol. The molecule has 23 heavy (non-hydrogen) atoms. The van der Waals surface area contributed by atoms with Crippen LogP contribution in [0.2, 0.25) is 0 Å². The second-order valence-corrected chi connectivity index (χ2v) is 5.59. The maximum atomic E-state index is 11.8. The molecule has 0 saturated carbocycles. The molecule has 6 heteroatoms. The van der Waals surface area contributed by atoms with Crippen LogP contribution in [-0.4, -0.2) is 37.7 Å². The molecule has 0 N–H and O–H groups in total. The lowest BCUT2D eigenvalue weighted by Gasteiger charge is -2.42. The third-order valence-electron chi connectivity index (χ3n) is 2.94. The van der Waals surface area contributed by atoms with E-state index in [1.807, 2.05) is 13.8 Å². The Morgan fingerprint density at radius 1 is 0.957 bits per heavy atom. The second kappa shape index (κ2) is 10.2. The standard InChI is InChI=1S/C17H28O6/c1-7-11-20-13-16(5,6)17(21-12-8-2,22-14(18)9-3)23-15(19)10-4/h9-10H,3-4,7-8,11-13H2,1-2,5-6H3. The van der Waals surface area contributed by atoms with Crippen LogP contribution in [0, 0.1) is 5.41 Å². The molecule has 0 rings (SSSR count). The first-order valence-electron chi connectivity index (χ1n) is 7.71. The van der Waals surface area contributed by atoms with Crippen molar-refractivity contribution in [3.05, 3.63) is 25.3 Å². The monoisotopic (exact) mass is 328 g/mol. The summed E-state index contributed by atoms with van der Waals surface area (Å²) in [6.45, 7) is 15.0. The normalized spacial score (nSPS) is 11.7. The van der Waals surface area contributed by atoms with Gasteiger partial charge < -0.3 is 18.9 Å². The zero-order valence-corrected chi connectivity index (χ0v) is 14.6. The van der Waals surface area contributed by atoms with Crippen LogP contribution in [0.1, 0.15) is 40.5 Å². The topological polar surface area (TPSA) is 71.1 Å². The molecular formula is C17H28O6. The van der Waals surface area contributed by atoms with E-state index in [1.54, 1.807) is 13.8 Å². The largest absolute Gasteiger partial charge is 0.394 e. The van der Waals surface area contributed by atoms with E-state index in [4.69, 9.17) is 18.9 Å². The molecule has 0 aromatic rings. The number of carbonyl (C=O) groups is 2. The van der Waals surface area contributed by atoms with E-state index in [1.165, 1.54) is 0 Å². The third kappa shape index (κ3) is 6.54. The maximum absolute atomic E-state index is 11.8. The van der Waals surface area contributed by atoms with Gasteiger partial charge in [0.15, 0.2) is 0 Å². The Morgan fingerprint density at radius 3 is 1.83 bits per heavy atom. The van der Waals surface area contributed by atoms with E-state index >= 15 is 0 Å². The lowest BCUT2D eigenvalue weighted by Crippen LogP contribution is -2.55. The summed E-state index contributed by atoms with van der Waals surface area (Å²) in [7, 11) is 0. The Morgan fingerprint density at radius 2 is 1.43 bits per heavy atom. The Labute approximate surface area is 138 Å². The molecule has 0 atom stereocenters. The first kappa shape index (κ1) is 21.3. The van der Waals surface area contributed by atoms with Gasteiger partial charge in [-0.2, -0.15) is 0 Å². The van der Waals surface area contributed by atoms with Gasteiger partial charge in [-0.05, 0) is 26.7 Å². The summed E-state index contributed by atoms with van der Waals surface area (Å²) in [5.74, 6) is -3.45. The quantitative estimate of drug-likeness (QED) is 0.237. The molecule has 0 aliphatic heterocycles. The van der Waals surface area contributed by atoms with Crippen molar-refractivity contribution in [2.75, 3.05) is 19.8 Å². The highest BCUT2D eigenvalue weighted by Gasteiger charge is 2.54. The summed E-state index contributed by atoms with van der Waals surface area (Å²) in [6.07, 6.45) is 3.44. The maximum Gasteiger partial charge on any atom is 0.383 e. The Hall–Kier alpha value is -1.66. The van der Waals surface area contributed by atoms with Crippen LogP contribution in [0.3, 0.4) is 0 Å². The third-order valence-corrected chi connectivity index (χ3v) is 2.94. The van der Waals surface area contributed by atoms with Crippen molar-refractivity contribution in [3.8, 4) is 0 Å². The molecule has 0 spiro atoms. The van der Waals surface area contributed by atoms with Crippen LogP contribution >= 0.6 is 0 Å². The van der Waals surface area contributed by atoms with Gasteiger partial charge in [0, 0.05) is 18.8 Å². The minimum Gasteiger partial charge on any atom is -0.394 e. The van der Waals surface area contributed by atoms with E-state index in [-0.39, 0.29) is 13.2 Å². The van der Waals surface area contributed by atoms with E-state index in [9.17, 15) is 9.59 Å². The zero-order chi connectivity index (χ0) is 17.9. The van der Waals surface area contributed by atoms with Crippen LogP contribution in [-0.2, 0) is 28.5 Å². The van der Waals surface area contributed by atoms with E-state index < -0.39 is 23.3 Å². The van der Waals surface area contributed by atoms with Crippen molar-refractivity contribution < 1.29 is 28.5 Å². The first-order valence-corrected chi connectivity index (χ1v) is 7.71. The smallest absolute Gasteiger partial charge is 0.383 e. The minimum absolute atomic E-state index is 0.166. The molecule has 0 aromatic carbocycles. The molecule has 0 saturated heterocycles. The average molecular weight is 328 g/mol. The van der Waals surface area contributed by atoms with Gasteiger partial charge >= 0.3 is 17.9 Å². The van der Waals surface area contributed by atoms with Gasteiger partial charge in [-0.1, -0.05) is 27.0 Å². The van der Waals surface area contributed by atoms with Crippen LogP contribution in [0.4, 0.5) is 0 Å². The highest BCUT2D eigenvalue weighted by molar-refractivity contribution is 5.83. The summed E-state index contributed by atoms with van der Waals surface area (Å²) in [4.78, 5) is 23.5. The summed E-state index contributed by atoms with van der Waals surface area (Å²) in [5, 5.41) is 0. The fraction of sp³-hybridized carbons (Fsp3) is 0.647. The number of rotatable bonds is 12. The summed E-state index contributed by atoms with van der Waals surface area (Å²) >= 11 is 0. The molecule has 0 fully saturated rings. The van der Waals surface area contributed by atoms with E-state index in [2.05, 4.69) is 13.2 Å². The fourth-order valence-electron chi connectivity index (χ4n) is 1.70. The molecule has 0 radical (unpaired) electrons. The predicted octanol–water partition coefficient (Wildman–Crippen LogP) is 2.98. The van der Waals surface area contributed by atoms with Crippen molar-refractivity contribution >= 4 is 11.9 Å². The highest BCUT2D eigenvalue weighted by Crippen LogP contribution is 2.38. The first-order chi connectivity index (χ1) is 10.8. The number of hydrogen-bond acceptors (Lipinski definition) is 6. The van der Waals surface area contributed by atoms with Crippen LogP contribution in [0.15, 0.2) is 25.3 Å². The number of carbonyl (C=O) groups excluding carboxylic acids is 2. The summed E-state index contributed by atoms with van der Waals surface area (Å²) in [5.41, 5.74) is -0.950. The van der Waals surface area contributed by atoms with Crippen LogP contribution in [0.25, 0.3) is 0 Å². The number of ether oxygens (including phenoxy) is 4. The van der Waals surface area contributed by atoms with E-state index in [0.29, 0.717) is 13.0 Å².